The van der Waals surface area contributed by atoms with Crippen LogP contribution in [-0.4, -0.2) is 30.6 Å². The molecule has 3 nitrogen and oxygen atoms in total. The Kier molecular flexibility index (Phi) is 4.12. The Bertz CT molecular complexity index is 553. The van der Waals surface area contributed by atoms with Gasteiger partial charge in [-0.3, -0.25) is 4.79 Å². The van der Waals surface area contributed by atoms with E-state index >= 15 is 0 Å². The maximum Gasteiger partial charge on any atom is 0.416 e. The molecule has 0 unspecified atom stereocenters. The van der Waals surface area contributed by atoms with Crippen molar-refractivity contribution < 1.29 is 22.7 Å². The van der Waals surface area contributed by atoms with E-state index in [2.05, 4.69) is 0 Å². The molecule has 1 aromatic carbocycles. The molecule has 2 atom stereocenters. The minimum Gasteiger partial charge on any atom is -0.381 e. The standard InChI is InChI=1S/C16H18F3NO2/c17-16(18,19)13-5-2-1-4-12(13)14-6-3-8-20(14)15(21)11-7-9-22-10-11/h1-2,4-5,11,14H,3,6-10H2/t11-,14-/m1/s1. The SMILES string of the molecule is O=C([C@@H]1CCOC1)N1CCC[C@@H]1c1ccccc1C(F)(F)F. The molecule has 0 bridgehead atoms. The highest BCUT2D eigenvalue weighted by Crippen LogP contribution is 2.41. The summed E-state index contributed by atoms with van der Waals surface area (Å²) in [5, 5.41) is 0. The molecule has 2 fully saturated rings. The third-order valence-corrected chi connectivity index (χ3v) is 4.44. The number of hydrogen-bond acceptors (Lipinski definition) is 2. The molecule has 0 saturated carbocycles. The van der Waals surface area contributed by atoms with Gasteiger partial charge in [0.1, 0.15) is 0 Å². The molecule has 1 amide bonds. The van der Waals surface area contributed by atoms with Gasteiger partial charge in [-0.2, -0.15) is 13.2 Å². The van der Waals surface area contributed by atoms with E-state index in [-0.39, 0.29) is 17.4 Å². The Morgan fingerprint density at radius 2 is 2.00 bits per heavy atom. The lowest BCUT2D eigenvalue weighted by Crippen LogP contribution is -2.36. The van der Waals surface area contributed by atoms with Crippen molar-refractivity contribution in [1.82, 2.24) is 4.90 Å². The minimum absolute atomic E-state index is 0.0722. The lowest BCUT2D eigenvalue weighted by Gasteiger charge is -2.29. The zero-order valence-electron chi connectivity index (χ0n) is 12.1. The maximum absolute atomic E-state index is 13.2. The minimum atomic E-state index is -4.40. The third kappa shape index (κ3) is 2.84. The molecule has 2 aliphatic rings. The molecule has 2 heterocycles. The molecule has 0 spiro atoms. The van der Waals surface area contributed by atoms with Gasteiger partial charge in [0.05, 0.1) is 24.1 Å². The molecule has 2 saturated heterocycles. The second-order valence-corrected chi connectivity index (χ2v) is 5.84. The molecule has 3 rings (SSSR count). The van der Waals surface area contributed by atoms with Crippen LogP contribution in [0.25, 0.3) is 0 Å². The highest BCUT2D eigenvalue weighted by Gasteiger charge is 2.40. The van der Waals surface area contributed by atoms with Crippen LogP contribution in [0.1, 0.15) is 36.4 Å². The summed E-state index contributed by atoms with van der Waals surface area (Å²) >= 11 is 0. The smallest absolute Gasteiger partial charge is 0.381 e. The van der Waals surface area contributed by atoms with Gasteiger partial charge in [-0.15, -0.1) is 0 Å². The summed E-state index contributed by atoms with van der Waals surface area (Å²) in [4.78, 5) is 14.2. The molecule has 22 heavy (non-hydrogen) atoms. The summed E-state index contributed by atoms with van der Waals surface area (Å²) in [6, 6.07) is 5.09. The van der Waals surface area contributed by atoms with Gasteiger partial charge in [0.2, 0.25) is 5.91 Å². The first-order valence-electron chi connectivity index (χ1n) is 7.53. The van der Waals surface area contributed by atoms with Crippen LogP contribution < -0.4 is 0 Å². The van der Waals surface area contributed by atoms with Gasteiger partial charge in [-0.05, 0) is 30.9 Å². The number of carbonyl (C=O) groups is 1. The first-order chi connectivity index (χ1) is 10.5. The van der Waals surface area contributed by atoms with E-state index in [1.165, 1.54) is 12.1 Å². The van der Waals surface area contributed by atoms with Crippen LogP contribution in [0, 0.1) is 5.92 Å². The van der Waals surface area contributed by atoms with Crippen LogP contribution in [-0.2, 0) is 15.7 Å². The summed E-state index contributed by atoms with van der Waals surface area (Å²) in [5.41, 5.74) is -0.429. The van der Waals surface area contributed by atoms with Gasteiger partial charge in [0.25, 0.3) is 0 Å². The first-order valence-corrected chi connectivity index (χ1v) is 7.53. The number of rotatable bonds is 2. The quantitative estimate of drug-likeness (QED) is 0.837. The Morgan fingerprint density at radius 3 is 2.68 bits per heavy atom. The van der Waals surface area contributed by atoms with Crippen molar-refractivity contribution in [2.24, 2.45) is 5.92 Å². The van der Waals surface area contributed by atoms with Crippen LogP contribution in [0.4, 0.5) is 13.2 Å². The lowest BCUT2D eigenvalue weighted by atomic mass is 9.97. The molecular formula is C16H18F3NO2. The van der Waals surface area contributed by atoms with E-state index in [0.29, 0.717) is 32.6 Å². The fraction of sp³-hybridized carbons (Fsp3) is 0.562. The molecule has 2 aliphatic heterocycles. The maximum atomic E-state index is 13.2. The first kappa shape index (κ1) is 15.3. The average Bonchev–Trinajstić information content (AvgIpc) is 3.17. The van der Waals surface area contributed by atoms with Gasteiger partial charge in [0, 0.05) is 13.2 Å². The fourth-order valence-corrected chi connectivity index (χ4v) is 3.36. The van der Waals surface area contributed by atoms with Crippen LogP contribution in [0.15, 0.2) is 24.3 Å². The molecule has 0 aliphatic carbocycles. The number of nitrogens with zero attached hydrogens (tertiary/aromatic N) is 1. The van der Waals surface area contributed by atoms with Gasteiger partial charge in [0.15, 0.2) is 0 Å². The van der Waals surface area contributed by atoms with E-state index in [9.17, 15) is 18.0 Å². The number of ether oxygens (including phenoxy) is 1. The number of hydrogen-bond donors (Lipinski definition) is 0. The summed E-state index contributed by atoms with van der Waals surface area (Å²) < 4.78 is 44.9. The lowest BCUT2D eigenvalue weighted by molar-refractivity contribution is -0.141. The zero-order valence-corrected chi connectivity index (χ0v) is 12.1. The number of amides is 1. The number of likely N-dealkylation sites (tertiary alicyclic amines) is 1. The highest BCUT2D eigenvalue weighted by atomic mass is 19.4. The number of halogens is 3. The van der Waals surface area contributed by atoms with E-state index in [4.69, 9.17) is 4.74 Å². The second kappa shape index (κ2) is 5.91. The Balaban J connectivity index is 1.89. The molecule has 0 N–H and O–H groups in total. The molecule has 120 valence electrons. The number of carbonyl (C=O) groups excluding carboxylic acids is 1. The molecule has 6 heteroatoms. The van der Waals surface area contributed by atoms with Crippen molar-refractivity contribution in [3.63, 3.8) is 0 Å². The van der Waals surface area contributed by atoms with Crippen molar-refractivity contribution >= 4 is 5.91 Å². The summed E-state index contributed by atoms with van der Waals surface area (Å²) in [6.45, 7) is 1.45. The van der Waals surface area contributed by atoms with Crippen molar-refractivity contribution in [2.45, 2.75) is 31.5 Å². The van der Waals surface area contributed by atoms with Crippen molar-refractivity contribution in [1.29, 1.82) is 0 Å². The van der Waals surface area contributed by atoms with Crippen LogP contribution in [0.2, 0.25) is 0 Å². The Hall–Kier alpha value is -1.56. The van der Waals surface area contributed by atoms with E-state index < -0.39 is 17.8 Å². The van der Waals surface area contributed by atoms with Crippen LogP contribution in [0.5, 0.6) is 0 Å². The van der Waals surface area contributed by atoms with E-state index in [0.717, 1.165) is 12.5 Å². The Morgan fingerprint density at radius 1 is 1.23 bits per heavy atom. The third-order valence-electron chi connectivity index (χ3n) is 4.44. The van der Waals surface area contributed by atoms with Crippen LogP contribution in [0.3, 0.4) is 0 Å². The van der Waals surface area contributed by atoms with Crippen molar-refractivity contribution in [3.05, 3.63) is 35.4 Å². The topological polar surface area (TPSA) is 29.5 Å². The number of alkyl halides is 3. The van der Waals surface area contributed by atoms with E-state index in [1.807, 2.05) is 0 Å². The normalized spacial score (nSPS) is 25.7. The van der Waals surface area contributed by atoms with Gasteiger partial charge < -0.3 is 9.64 Å². The van der Waals surface area contributed by atoms with Crippen molar-refractivity contribution in [3.8, 4) is 0 Å². The zero-order chi connectivity index (χ0) is 15.7. The summed E-state index contributed by atoms with van der Waals surface area (Å²) in [5.74, 6) is -0.282. The second-order valence-electron chi connectivity index (χ2n) is 5.84. The predicted octanol–water partition coefficient (Wildman–Crippen LogP) is 3.41. The van der Waals surface area contributed by atoms with Gasteiger partial charge in [-0.25, -0.2) is 0 Å². The summed E-state index contributed by atoms with van der Waals surface area (Å²) in [7, 11) is 0. The molecule has 0 radical (unpaired) electrons. The van der Waals surface area contributed by atoms with Gasteiger partial charge >= 0.3 is 6.18 Å². The van der Waals surface area contributed by atoms with Crippen LogP contribution >= 0.6 is 0 Å². The van der Waals surface area contributed by atoms with Crippen molar-refractivity contribution in [2.75, 3.05) is 19.8 Å². The summed E-state index contributed by atoms with van der Waals surface area (Å²) in [6.07, 6.45) is -2.43. The predicted molar refractivity (Wildman–Crippen MR) is 74.1 cm³/mol. The van der Waals surface area contributed by atoms with E-state index in [1.54, 1.807) is 11.0 Å². The van der Waals surface area contributed by atoms with Gasteiger partial charge in [-0.1, -0.05) is 18.2 Å². The average molecular weight is 313 g/mol. The molecule has 1 aromatic rings. The monoisotopic (exact) mass is 313 g/mol. The largest absolute Gasteiger partial charge is 0.416 e. The fourth-order valence-electron chi connectivity index (χ4n) is 3.36. The highest BCUT2D eigenvalue weighted by molar-refractivity contribution is 5.80. The Labute approximate surface area is 127 Å². The molecular weight excluding hydrogens is 295 g/mol. The molecule has 0 aromatic heterocycles. The number of benzene rings is 1.